The fourth-order valence-corrected chi connectivity index (χ4v) is 6.00. The second-order valence-electron chi connectivity index (χ2n) is 7.50. The maximum absolute atomic E-state index is 13.0. The van der Waals surface area contributed by atoms with E-state index >= 15 is 0 Å². The number of aromatic nitrogens is 2. The number of fused-ring (bicyclic) bond motifs is 1. The highest BCUT2D eigenvalue weighted by atomic mass is 35.5. The van der Waals surface area contributed by atoms with Crippen molar-refractivity contribution in [2.24, 2.45) is 0 Å². The Bertz CT molecular complexity index is 1190. The number of sulfonamides is 1. The number of carbonyl (C=O) groups excluding carboxylic acids is 1. The van der Waals surface area contributed by atoms with Crippen molar-refractivity contribution in [2.75, 3.05) is 13.1 Å². The lowest BCUT2D eigenvalue weighted by atomic mass is 10.1. The van der Waals surface area contributed by atoms with Crippen LogP contribution in [-0.4, -0.2) is 52.6 Å². The van der Waals surface area contributed by atoms with Crippen molar-refractivity contribution >= 4 is 55.8 Å². The third-order valence-corrected chi connectivity index (χ3v) is 7.96. The van der Waals surface area contributed by atoms with Crippen LogP contribution in [0.5, 0.6) is 0 Å². The highest BCUT2D eigenvalue weighted by Gasteiger charge is 2.36. The van der Waals surface area contributed by atoms with Crippen molar-refractivity contribution in [1.82, 2.24) is 19.2 Å². The number of piperazine rings is 1. The predicted octanol–water partition coefficient (Wildman–Crippen LogP) is 4.09. The lowest BCUT2D eigenvalue weighted by Crippen LogP contribution is -2.57. The molecule has 164 valence electrons. The molecule has 4 heterocycles. The molecule has 1 amide bonds. The first-order valence-corrected chi connectivity index (χ1v) is 12.7. The fourth-order valence-electron chi connectivity index (χ4n) is 3.79. The molecule has 1 atom stereocenters. The first-order valence-electron chi connectivity index (χ1n) is 10.0. The van der Waals surface area contributed by atoms with E-state index in [2.05, 4.69) is 9.97 Å². The summed E-state index contributed by atoms with van der Waals surface area (Å²) in [5.41, 5.74) is 1.87. The maximum Gasteiger partial charge on any atom is 0.238 e. The van der Waals surface area contributed by atoms with Crippen LogP contribution in [0.3, 0.4) is 0 Å². The molecule has 0 aromatic carbocycles. The van der Waals surface area contributed by atoms with Crippen LogP contribution in [0, 0.1) is 0 Å². The molecule has 0 aliphatic carbocycles. The minimum atomic E-state index is -3.72. The van der Waals surface area contributed by atoms with E-state index in [1.165, 1.54) is 21.7 Å². The van der Waals surface area contributed by atoms with Crippen LogP contribution in [0.2, 0.25) is 4.34 Å². The highest BCUT2D eigenvalue weighted by Crippen LogP contribution is 2.25. The third-order valence-electron chi connectivity index (χ3n) is 5.28. The number of amides is 1. The summed E-state index contributed by atoms with van der Waals surface area (Å²) in [6.45, 7) is 2.56. The molecule has 0 radical (unpaired) electrons. The van der Waals surface area contributed by atoms with Crippen LogP contribution < -0.4 is 0 Å². The summed E-state index contributed by atoms with van der Waals surface area (Å²) in [5.74, 6) is -0.197. The number of pyridine rings is 1. The largest absolute Gasteiger partial charge is 0.357 e. The van der Waals surface area contributed by atoms with Gasteiger partial charge in [-0.3, -0.25) is 9.78 Å². The summed E-state index contributed by atoms with van der Waals surface area (Å²) in [6, 6.07) is 7.17. The number of nitrogens with one attached hydrogen (secondary N) is 1. The van der Waals surface area contributed by atoms with Crippen LogP contribution in [-0.2, 0) is 21.4 Å². The number of hydrogen-bond donors (Lipinski definition) is 1. The molecule has 1 fully saturated rings. The molecule has 0 spiro atoms. The molecule has 1 aliphatic heterocycles. The summed E-state index contributed by atoms with van der Waals surface area (Å²) >= 11 is 7.21. The number of rotatable bonds is 7. The second-order valence-corrected chi connectivity index (χ2v) is 11.1. The standard InChI is InChI=1S/C21H23ClN4O3S2/c1-2-3-17-13-25(31(28,29)9-7-18-4-5-20(22)30-18)14-21(27)26(17)12-16-10-15-11-23-8-6-19(15)24-16/h4-11,17,24H,2-3,12-14H2,1H3/t17-/m0/s1. The molecule has 0 saturated carbocycles. The number of H-pyrrole nitrogens is 1. The number of aromatic amines is 1. The molecule has 1 saturated heterocycles. The molecule has 0 unspecified atom stereocenters. The van der Waals surface area contributed by atoms with Gasteiger partial charge in [-0.25, -0.2) is 8.42 Å². The number of nitrogens with zero attached hydrogens (tertiary/aromatic N) is 3. The van der Waals surface area contributed by atoms with E-state index in [-0.39, 0.29) is 25.0 Å². The van der Waals surface area contributed by atoms with Gasteiger partial charge in [0.2, 0.25) is 15.9 Å². The first-order chi connectivity index (χ1) is 14.9. The van der Waals surface area contributed by atoms with E-state index in [1.54, 1.807) is 29.4 Å². The zero-order valence-corrected chi connectivity index (χ0v) is 19.4. The van der Waals surface area contributed by atoms with Gasteiger partial charge in [0.05, 0.1) is 17.4 Å². The van der Waals surface area contributed by atoms with Crippen LogP contribution in [0.1, 0.15) is 30.3 Å². The molecular formula is C21H23ClN4O3S2. The zero-order chi connectivity index (χ0) is 22.0. The first kappa shape index (κ1) is 22.0. The number of hydrogen-bond acceptors (Lipinski definition) is 5. The topological polar surface area (TPSA) is 86.4 Å². The Morgan fingerprint density at radius 3 is 2.90 bits per heavy atom. The molecule has 1 aliphatic rings. The fraction of sp³-hybridized carbons (Fsp3) is 0.333. The Hall–Kier alpha value is -2.20. The van der Waals surface area contributed by atoms with E-state index in [1.807, 2.05) is 19.1 Å². The molecule has 10 heteroatoms. The van der Waals surface area contributed by atoms with Gasteiger partial charge in [-0.1, -0.05) is 24.9 Å². The van der Waals surface area contributed by atoms with E-state index in [0.717, 1.165) is 39.7 Å². The van der Waals surface area contributed by atoms with E-state index in [4.69, 9.17) is 11.6 Å². The predicted molar refractivity (Wildman–Crippen MR) is 124 cm³/mol. The van der Waals surface area contributed by atoms with Gasteiger partial charge < -0.3 is 9.88 Å². The molecule has 3 aromatic heterocycles. The molecule has 31 heavy (non-hydrogen) atoms. The monoisotopic (exact) mass is 478 g/mol. The average Bonchev–Trinajstić information content (AvgIpc) is 3.34. The summed E-state index contributed by atoms with van der Waals surface area (Å²) in [6.07, 6.45) is 6.59. The molecule has 3 aromatic rings. The van der Waals surface area contributed by atoms with Crippen molar-refractivity contribution in [3.05, 3.63) is 57.0 Å². The smallest absolute Gasteiger partial charge is 0.238 e. The van der Waals surface area contributed by atoms with Gasteiger partial charge in [0.15, 0.2) is 0 Å². The van der Waals surface area contributed by atoms with Crippen LogP contribution in [0.25, 0.3) is 17.0 Å². The van der Waals surface area contributed by atoms with Crippen molar-refractivity contribution < 1.29 is 13.2 Å². The quantitative estimate of drug-likeness (QED) is 0.554. The Morgan fingerprint density at radius 2 is 2.19 bits per heavy atom. The summed E-state index contributed by atoms with van der Waals surface area (Å²) in [7, 11) is -3.72. The summed E-state index contributed by atoms with van der Waals surface area (Å²) < 4.78 is 27.6. The maximum atomic E-state index is 13.0. The Balaban J connectivity index is 1.52. The minimum absolute atomic E-state index is 0.167. The SMILES string of the molecule is CCC[C@H]1CN(S(=O)(=O)C=Cc2ccc(Cl)s2)CC(=O)N1Cc1cc2cnccc2[nH]1. The lowest BCUT2D eigenvalue weighted by Gasteiger charge is -2.40. The van der Waals surface area contributed by atoms with Gasteiger partial charge in [0.1, 0.15) is 0 Å². The Kier molecular flexibility index (Phi) is 6.47. The van der Waals surface area contributed by atoms with Crippen LogP contribution >= 0.6 is 22.9 Å². The van der Waals surface area contributed by atoms with Gasteiger partial charge in [-0.2, -0.15) is 4.31 Å². The number of carbonyl (C=O) groups is 1. The Labute approximate surface area is 190 Å². The number of thiophene rings is 1. The van der Waals surface area contributed by atoms with Gasteiger partial charge in [-0.15, -0.1) is 11.3 Å². The average molecular weight is 479 g/mol. The van der Waals surface area contributed by atoms with Crippen LogP contribution in [0.15, 0.2) is 42.1 Å². The Morgan fingerprint density at radius 1 is 1.35 bits per heavy atom. The molecule has 4 rings (SSSR count). The summed E-state index contributed by atoms with van der Waals surface area (Å²) in [4.78, 5) is 23.0. The highest BCUT2D eigenvalue weighted by molar-refractivity contribution is 7.92. The van der Waals surface area contributed by atoms with Crippen molar-refractivity contribution in [2.45, 2.75) is 32.4 Å². The molecule has 0 bridgehead atoms. The van der Waals surface area contributed by atoms with Crippen molar-refractivity contribution in [1.29, 1.82) is 0 Å². The minimum Gasteiger partial charge on any atom is -0.357 e. The molecule has 1 N–H and O–H groups in total. The lowest BCUT2D eigenvalue weighted by molar-refractivity contribution is -0.138. The number of halogens is 1. The van der Waals surface area contributed by atoms with Gasteiger partial charge in [0.25, 0.3) is 0 Å². The van der Waals surface area contributed by atoms with E-state index < -0.39 is 10.0 Å². The van der Waals surface area contributed by atoms with Gasteiger partial charge >= 0.3 is 0 Å². The molecular weight excluding hydrogens is 456 g/mol. The normalized spacial score (nSPS) is 18.5. The second kappa shape index (κ2) is 9.12. The van der Waals surface area contributed by atoms with E-state index in [9.17, 15) is 13.2 Å². The van der Waals surface area contributed by atoms with E-state index in [0.29, 0.717) is 10.9 Å². The third kappa shape index (κ3) is 5.01. The van der Waals surface area contributed by atoms with Crippen molar-refractivity contribution in [3.63, 3.8) is 0 Å². The van der Waals surface area contributed by atoms with Gasteiger partial charge in [0, 0.05) is 51.9 Å². The zero-order valence-electron chi connectivity index (χ0n) is 17.0. The molecule has 7 nitrogen and oxygen atoms in total. The van der Waals surface area contributed by atoms with Crippen molar-refractivity contribution in [3.8, 4) is 0 Å². The summed E-state index contributed by atoms with van der Waals surface area (Å²) in [5, 5.41) is 2.14. The van der Waals surface area contributed by atoms with Gasteiger partial charge in [-0.05, 0) is 36.8 Å². The van der Waals surface area contributed by atoms with Crippen LogP contribution in [0.4, 0.5) is 0 Å².